The Balaban J connectivity index is 2.25. The van der Waals surface area contributed by atoms with Gasteiger partial charge in [-0.2, -0.15) is 0 Å². The molecule has 1 heterocycles. The number of hydrogen-bond acceptors (Lipinski definition) is 2. The maximum absolute atomic E-state index is 12.9. The van der Waals surface area contributed by atoms with E-state index in [0.717, 1.165) is 25.7 Å². The molecular formula is C17H30N2O2. The molecule has 2 amide bonds. The van der Waals surface area contributed by atoms with E-state index >= 15 is 0 Å². The highest BCUT2D eigenvalue weighted by Crippen LogP contribution is 2.38. The maximum atomic E-state index is 12.9. The van der Waals surface area contributed by atoms with Gasteiger partial charge in [-0.15, -0.1) is 0 Å². The molecule has 1 aliphatic carbocycles. The van der Waals surface area contributed by atoms with Crippen LogP contribution >= 0.6 is 0 Å². The van der Waals surface area contributed by atoms with Crippen LogP contribution in [0.2, 0.25) is 0 Å². The van der Waals surface area contributed by atoms with E-state index in [1.54, 1.807) is 0 Å². The van der Waals surface area contributed by atoms with Crippen LogP contribution in [0.4, 0.5) is 0 Å². The molecule has 0 aromatic heterocycles. The van der Waals surface area contributed by atoms with Crippen molar-refractivity contribution >= 4 is 11.8 Å². The van der Waals surface area contributed by atoms with E-state index in [9.17, 15) is 9.59 Å². The zero-order chi connectivity index (χ0) is 15.6. The van der Waals surface area contributed by atoms with E-state index < -0.39 is 5.54 Å². The first-order valence-electron chi connectivity index (χ1n) is 8.62. The minimum atomic E-state index is -0.634. The molecule has 21 heavy (non-hydrogen) atoms. The quantitative estimate of drug-likeness (QED) is 0.785. The molecule has 1 saturated heterocycles. The molecule has 4 nitrogen and oxygen atoms in total. The summed E-state index contributed by atoms with van der Waals surface area (Å²) in [5.74, 6) is 1.04. The summed E-state index contributed by atoms with van der Waals surface area (Å²) in [5, 5.41) is 3.03. The van der Waals surface area contributed by atoms with Crippen molar-refractivity contribution in [2.45, 2.75) is 77.8 Å². The van der Waals surface area contributed by atoms with Gasteiger partial charge in [0.1, 0.15) is 11.6 Å². The SMILES string of the molecule is CCCC(C)CN1C(=O)C(C2CC2)NC(=O)C1(CC)CC. The Morgan fingerprint density at radius 1 is 1.24 bits per heavy atom. The van der Waals surface area contributed by atoms with E-state index in [-0.39, 0.29) is 17.9 Å². The highest BCUT2D eigenvalue weighted by molar-refractivity contribution is 6.00. The summed E-state index contributed by atoms with van der Waals surface area (Å²) in [6, 6.07) is -0.266. The fraction of sp³-hybridized carbons (Fsp3) is 0.882. The number of nitrogens with zero attached hydrogens (tertiary/aromatic N) is 1. The summed E-state index contributed by atoms with van der Waals surface area (Å²) in [6.45, 7) is 9.11. The molecule has 2 fully saturated rings. The first-order chi connectivity index (χ1) is 10.00. The number of hydrogen-bond donors (Lipinski definition) is 1. The largest absolute Gasteiger partial charge is 0.342 e. The first-order valence-corrected chi connectivity index (χ1v) is 8.62. The molecule has 2 rings (SSSR count). The Morgan fingerprint density at radius 3 is 2.33 bits per heavy atom. The van der Waals surface area contributed by atoms with Gasteiger partial charge < -0.3 is 10.2 Å². The summed E-state index contributed by atoms with van der Waals surface area (Å²) in [6.07, 6.45) is 5.74. The van der Waals surface area contributed by atoms with E-state index in [1.165, 1.54) is 0 Å². The van der Waals surface area contributed by atoms with Crippen molar-refractivity contribution in [2.75, 3.05) is 6.54 Å². The van der Waals surface area contributed by atoms with Crippen LogP contribution in [0.3, 0.4) is 0 Å². The molecule has 0 aromatic carbocycles. The fourth-order valence-corrected chi connectivity index (χ4v) is 3.70. The number of amides is 2. The Labute approximate surface area is 128 Å². The zero-order valence-electron chi connectivity index (χ0n) is 13.9. The van der Waals surface area contributed by atoms with Gasteiger partial charge in [-0.1, -0.05) is 34.1 Å². The van der Waals surface area contributed by atoms with E-state index in [2.05, 4.69) is 19.2 Å². The molecule has 1 aliphatic heterocycles. The van der Waals surface area contributed by atoms with E-state index in [0.29, 0.717) is 31.2 Å². The second-order valence-corrected chi connectivity index (χ2v) is 6.87. The van der Waals surface area contributed by atoms with Crippen molar-refractivity contribution < 1.29 is 9.59 Å². The normalized spacial score (nSPS) is 26.7. The Hall–Kier alpha value is -1.06. The lowest BCUT2D eigenvalue weighted by Gasteiger charge is -2.48. The lowest BCUT2D eigenvalue weighted by atomic mass is 9.84. The minimum Gasteiger partial charge on any atom is -0.342 e. The van der Waals surface area contributed by atoms with Crippen molar-refractivity contribution in [3.8, 4) is 0 Å². The summed E-state index contributed by atoms with van der Waals surface area (Å²) in [5.41, 5.74) is -0.634. The van der Waals surface area contributed by atoms with Gasteiger partial charge in [0, 0.05) is 6.54 Å². The van der Waals surface area contributed by atoms with Crippen LogP contribution in [0.5, 0.6) is 0 Å². The maximum Gasteiger partial charge on any atom is 0.246 e. The predicted molar refractivity (Wildman–Crippen MR) is 83.8 cm³/mol. The van der Waals surface area contributed by atoms with Crippen molar-refractivity contribution in [3.63, 3.8) is 0 Å². The van der Waals surface area contributed by atoms with Crippen molar-refractivity contribution in [1.29, 1.82) is 0 Å². The molecule has 1 N–H and O–H groups in total. The minimum absolute atomic E-state index is 0.0627. The number of carbonyl (C=O) groups excluding carboxylic acids is 2. The molecule has 2 atom stereocenters. The first kappa shape index (κ1) is 16.3. The number of nitrogens with one attached hydrogen (secondary N) is 1. The van der Waals surface area contributed by atoms with Gasteiger partial charge in [-0.3, -0.25) is 9.59 Å². The molecule has 1 saturated carbocycles. The van der Waals surface area contributed by atoms with E-state index in [1.807, 2.05) is 18.7 Å². The molecule has 0 radical (unpaired) electrons. The zero-order valence-corrected chi connectivity index (χ0v) is 13.9. The molecule has 0 aromatic rings. The highest BCUT2D eigenvalue weighted by Gasteiger charge is 2.53. The third-order valence-corrected chi connectivity index (χ3v) is 5.30. The van der Waals surface area contributed by atoms with Gasteiger partial charge in [0.2, 0.25) is 11.8 Å². The summed E-state index contributed by atoms with van der Waals surface area (Å²) in [4.78, 5) is 27.6. The third kappa shape index (κ3) is 2.95. The molecule has 0 bridgehead atoms. The molecule has 2 unspecified atom stereocenters. The molecule has 2 aliphatic rings. The van der Waals surface area contributed by atoms with Crippen molar-refractivity contribution in [2.24, 2.45) is 11.8 Å². The Bertz CT molecular complexity index is 400. The standard InChI is InChI=1S/C17H30N2O2/c1-5-8-12(4)11-19-15(20)14(13-9-10-13)18-16(21)17(19,6-2)7-3/h12-14H,5-11H2,1-4H3,(H,18,21). The average molecular weight is 294 g/mol. The Morgan fingerprint density at radius 2 is 1.86 bits per heavy atom. The van der Waals surface area contributed by atoms with Crippen LogP contribution in [0, 0.1) is 11.8 Å². The van der Waals surface area contributed by atoms with Gasteiger partial charge in [0.05, 0.1) is 0 Å². The monoisotopic (exact) mass is 294 g/mol. The van der Waals surface area contributed by atoms with E-state index in [4.69, 9.17) is 0 Å². The van der Waals surface area contributed by atoms with Crippen molar-refractivity contribution in [1.82, 2.24) is 10.2 Å². The summed E-state index contributed by atoms with van der Waals surface area (Å²) in [7, 11) is 0. The molecular weight excluding hydrogens is 264 g/mol. The fourth-order valence-electron chi connectivity index (χ4n) is 3.70. The van der Waals surface area contributed by atoms with Crippen LogP contribution < -0.4 is 5.32 Å². The second-order valence-electron chi connectivity index (χ2n) is 6.87. The lowest BCUT2D eigenvalue weighted by Crippen LogP contribution is -2.71. The third-order valence-electron chi connectivity index (χ3n) is 5.30. The van der Waals surface area contributed by atoms with Crippen LogP contribution in [-0.4, -0.2) is 34.8 Å². The average Bonchev–Trinajstić information content (AvgIpc) is 3.28. The van der Waals surface area contributed by atoms with Gasteiger partial charge in [0.25, 0.3) is 0 Å². The predicted octanol–water partition coefficient (Wildman–Crippen LogP) is 2.72. The van der Waals surface area contributed by atoms with Gasteiger partial charge in [-0.05, 0) is 43.9 Å². The van der Waals surface area contributed by atoms with Gasteiger partial charge in [-0.25, -0.2) is 0 Å². The van der Waals surface area contributed by atoms with Gasteiger partial charge in [0.15, 0.2) is 0 Å². The van der Waals surface area contributed by atoms with Gasteiger partial charge >= 0.3 is 0 Å². The van der Waals surface area contributed by atoms with Crippen LogP contribution in [0.15, 0.2) is 0 Å². The summed E-state index contributed by atoms with van der Waals surface area (Å²) < 4.78 is 0. The summed E-state index contributed by atoms with van der Waals surface area (Å²) >= 11 is 0. The lowest BCUT2D eigenvalue weighted by molar-refractivity contribution is -0.159. The van der Waals surface area contributed by atoms with Crippen molar-refractivity contribution in [3.05, 3.63) is 0 Å². The Kier molecular flexibility index (Phi) is 4.95. The molecule has 4 heteroatoms. The second kappa shape index (κ2) is 6.37. The van der Waals surface area contributed by atoms with Crippen LogP contribution in [0.25, 0.3) is 0 Å². The highest BCUT2D eigenvalue weighted by atomic mass is 16.2. The number of rotatable bonds is 7. The van der Waals surface area contributed by atoms with Crippen LogP contribution in [-0.2, 0) is 9.59 Å². The molecule has 120 valence electrons. The molecule has 0 spiro atoms. The van der Waals surface area contributed by atoms with Crippen LogP contribution in [0.1, 0.15) is 66.2 Å². The topological polar surface area (TPSA) is 49.4 Å². The smallest absolute Gasteiger partial charge is 0.246 e. The number of carbonyl (C=O) groups is 2. The number of piperazine rings is 1.